The quantitative estimate of drug-likeness (QED) is 0.618. The van der Waals surface area contributed by atoms with E-state index in [0.29, 0.717) is 12.2 Å². The maximum absolute atomic E-state index is 12.3. The molecule has 0 atom stereocenters. The van der Waals surface area contributed by atoms with Crippen LogP contribution in [0.4, 0.5) is 0 Å². The molecule has 0 aliphatic carbocycles. The molecule has 0 unspecified atom stereocenters. The predicted octanol–water partition coefficient (Wildman–Crippen LogP) is 0.674. The van der Waals surface area contributed by atoms with Crippen LogP contribution in [-0.2, 0) is 18.1 Å². The summed E-state index contributed by atoms with van der Waals surface area (Å²) in [4.78, 5) is 26.6. The number of nitrogens with zero attached hydrogens (tertiary/aromatic N) is 1. The molecule has 25 heavy (non-hydrogen) atoms. The fourth-order valence-electron chi connectivity index (χ4n) is 2.33. The van der Waals surface area contributed by atoms with Crippen LogP contribution in [0.3, 0.4) is 0 Å². The van der Waals surface area contributed by atoms with E-state index >= 15 is 0 Å². The molecular formula is C19H18N2O3Se. The minimum absolute atomic E-state index is 0.106. The van der Waals surface area contributed by atoms with Gasteiger partial charge in [-0.1, -0.05) is 0 Å². The molecule has 1 aromatic heterocycles. The van der Waals surface area contributed by atoms with Gasteiger partial charge in [0.2, 0.25) is 0 Å². The molecule has 5 nitrogen and oxygen atoms in total. The average Bonchev–Trinajstić information content (AvgIpc) is 2.63. The van der Waals surface area contributed by atoms with Gasteiger partial charge in [0.05, 0.1) is 0 Å². The molecule has 0 radical (unpaired) electrons. The van der Waals surface area contributed by atoms with Gasteiger partial charge >= 0.3 is 151 Å². The Kier molecular flexibility index (Phi) is 5.66. The summed E-state index contributed by atoms with van der Waals surface area (Å²) in [6.45, 7) is 2.25. The van der Waals surface area contributed by atoms with Crippen molar-refractivity contribution in [3.8, 4) is 0 Å². The van der Waals surface area contributed by atoms with Crippen molar-refractivity contribution in [2.45, 2.75) is 20.3 Å². The Labute approximate surface area is 151 Å². The number of H-pyrrole nitrogens is 1. The van der Waals surface area contributed by atoms with Gasteiger partial charge in [-0.25, -0.2) is 0 Å². The third kappa shape index (κ3) is 4.36. The van der Waals surface area contributed by atoms with Gasteiger partial charge in [-0.3, -0.25) is 0 Å². The van der Waals surface area contributed by atoms with E-state index in [1.807, 2.05) is 60.7 Å². The second kappa shape index (κ2) is 8.12. The second-order valence-electron chi connectivity index (χ2n) is 5.50. The summed E-state index contributed by atoms with van der Waals surface area (Å²) in [6.07, 6.45) is 0. The van der Waals surface area contributed by atoms with E-state index in [0.717, 1.165) is 14.6 Å². The van der Waals surface area contributed by atoms with Crippen molar-refractivity contribution in [3.63, 3.8) is 0 Å². The van der Waals surface area contributed by atoms with Crippen LogP contribution in [0.15, 0.2) is 70.3 Å². The van der Waals surface area contributed by atoms with Crippen LogP contribution in [-0.4, -0.2) is 24.5 Å². The molecule has 1 N–H and O–H groups in total. The van der Waals surface area contributed by atoms with E-state index in [1.165, 1.54) is 4.57 Å². The van der Waals surface area contributed by atoms with E-state index in [9.17, 15) is 9.59 Å². The Morgan fingerprint density at radius 2 is 1.64 bits per heavy atom. The van der Waals surface area contributed by atoms with Gasteiger partial charge in [0.1, 0.15) is 0 Å². The number of benzene rings is 2. The molecule has 0 bridgehead atoms. The Balaban J connectivity index is 1.85. The summed E-state index contributed by atoms with van der Waals surface area (Å²) in [5, 5.41) is 0. The molecule has 0 saturated carbocycles. The summed E-state index contributed by atoms with van der Waals surface area (Å²) in [5.41, 5.74) is 0.826. The Hall–Kier alpha value is -2.40. The topological polar surface area (TPSA) is 64.1 Å². The fourth-order valence-corrected chi connectivity index (χ4v) is 4.44. The normalized spacial score (nSPS) is 10.8. The van der Waals surface area contributed by atoms with Crippen molar-refractivity contribution >= 4 is 24.0 Å². The molecule has 3 aromatic rings. The molecule has 0 amide bonds. The molecule has 128 valence electrons. The van der Waals surface area contributed by atoms with E-state index in [-0.39, 0.29) is 27.2 Å². The monoisotopic (exact) mass is 402 g/mol. The van der Waals surface area contributed by atoms with Crippen LogP contribution in [0.2, 0.25) is 0 Å². The zero-order valence-electron chi connectivity index (χ0n) is 13.8. The van der Waals surface area contributed by atoms with Crippen LogP contribution < -0.4 is 20.3 Å². The maximum atomic E-state index is 12.3. The molecule has 0 aliphatic heterocycles. The second-order valence-corrected chi connectivity index (χ2v) is 7.72. The summed E-state index contributed by atoms with van der Waals surface area (Å²) in [5.74, 6) is 0. The van der Waals surface area contributed by atoms with Crippen LogP contribution in [0.1, 0.15) is 11.1 Å². The molecule has 1 heterocycles. The Morgan fingerprint density at radius 1 is 1.00 bits per heavy atom. The molecule has 3 rings (SSSR count). The van der Waals surface area contributed by atoms with Gasteiger partial charge in [0, 0.05) is 0 Å². The number of ether oxygens (including phenoxy) is 1. The van der Waals surface area contributed by atoms with Gasteiger partial charge in [-0.05, 0) is 0 Å². The third-order valence-electron chi connectivity index (χ3n) is 3.66. The molecule has 6 heteroatoms. The summed E-state index contributed by atoms with van der Waals surface area (Å²) >= 11 is -0.158. The first-order chi connectivity index (χ1) is 12.1. The molecule has 0 saturated heterocycles. The number of aromatic amines is 1. The number of nitrogens with one attached hydrogen (secondary N) is 1. The molecule has 2 aromatic carbocycles. The zero-order chi connectivity index (χ0) is 17.6. The van der Waals surface area contributed by atoms with E-state index in [4.69, 9.17) is 4.74 Å². The molecule has 0 fully saturated rings. The van der Waals surface area contributed by atoms with Crippen molar-refractivity contribution in [1.82, 2.24) is 9.55 Å². The van der Waals surface area contributed by atoms with Gasteiger partial charge in [0.25, 0.3) is 0 Å². The first-order valence-electron chi connectivity index (χ1n) is 7.83. The number of rotatable bonds is 6. The SMILES string of the molecule is Cc1c([Se]c2ccccc2)n(COCc2ccccc2)c(=O)[nH]c1=O. The third-order valence-corrected chi connectivity index (χ3v) is 6.24. The molecule has 0 aliphatic rings. The van der Waals surface area contributed by atoms with Gasteiger partial charge in [-0.2, -0.15) is 0 Å². The van der Waals surface area contributed by atoms with Crippen molar-refractivity contribution in [1.29, 1.82) is 0 Å². The average molecular weight is 401 g/mol. The van der Waals surface area contributed by atoms with E-state index in [1.54, 1.807) is 6.92 Å². The van der Waals surface area contributed by atoms with E-state index in [2.05, 4.69) is 4.98 Å². The summed E-state index contributed by atoms with van der Waals surface area (Å²) in [7, 11) is 0. The van der Waals surface area contributed by atoms with Crippen LogP contribution >= 0.6 is 0 Å². The summed E-state index contributed by atoms with van der Waals surface area (Å²) in [6, 6.07) is 19.6. The van der Waals surface area contributed by atoms with Crippen molar-refractivity contribution in [2.24, 2.45) is 0 Å². The predicted molar refractivity (Wildman–Crippen MR) is 98.8 cm³/mol. The van der Waals surface area contributed by atoms with Crippen LogP contribution in [0, 0.1) is 6.92 Å². The van der Waals surface area contributed by atoms with Crippen molar-refractivity contribution in [3.05, 3.63) is 92.6 Å². The Morgan fingerprint density at radius 3 is 2.32 bits per heavy atom. The van der Waals surface area contributed by atoms with Crippen LogP contribution in [0.25, 0.3) is 0 Å². The summed E-state index contributed by atoms with van der Waals surface area (Å²) < 4.78 is 9.06. The molecule has 0 spiro atoms. The first-order valence-corrected chi connectivity index (χ1v) is 9.55. The van der Waals surface area contributed by atoms with Gasteiger partial charge in [-0.15, -0.1) is 0 Å². The van der Waals surface area contributed by atoms with E-state index < -0.39 is 5.69 Å². The first kappa shape index (κ1) is 17.4. The number of hydrogen-bond acceptors (Lipinski definition) is 3. The Bertz CT molecular complexity index is 950. The number of aromatic nitrogens is 2. The minimum atomic E-state index is -0.434. The van der Waals surface area contributed by atoms with Crippen LogP contribution in [0.5, 0.6) is 0 Å². The zero-order valence-corrected chi connectivity index (χ0v) is 15.5. The molecular weight excluding hydrogens is 383 g/mol. The fraction of sp³-hybridized carbons (Fsp3) is 0.158. The number of hydrogen-bond donors (Lipinski definition) is 1. The van der Waals surface area contributed by atoms with Crippen molar-refractivity contribution in [2.75, 3.05) is 0 Å². The van der Waals surface area contributed by atoms with Crippen molar-refractivity contribution < 1.29 is 4.74 Å². The van der Waals surface area contributed by atoms with Gasteiger partial charge in [0.15, 0.2) is 0 Å². The van der Waals surface area contributed by atoms with Gasteiger partial charge < -0.3 is 0 Å². The standard InChI is InChI=1S/C19H18N2O3Se/c1-14-17(22)20-19(23)21(13-24-12-15-8-4-2-5-9-15)18(14)25-16-10-6-3-7-11-16/h2-11H,12-13H2,1H3,(H,20,22,23).